The normalized spacial score (nSPS) is 21.4. The minimum atomic E-state index is -1.78. The molecule has 2 atom stereocenters. The van der Waals surface area contributed by atoms with Crippen molar-refractivity contribution in [3.05, 3.63) is 52.3 Å². The third-order valence-electron chi connectivity index (χ3n) is 6.43. The van der Waals surface area contributed by atoms with Gasteiger partial charge in [-0.15, -0.1) is 0 Å². The first-order chi connectivity index (χ1) is 13.1. The Balaban J connectivity index is 1.78. The Kier molecular flexibility index (Phi) is 6.54. The lowest BCUT2D eigenvalue weighted by Crippen LogP contribution is -2.44. The van der Waals surface area contributed by atoms with Gasteiger partial charge in [0.25, 0.3) is 0 Å². The van der Waals surface area contributed by atoms with Crippen molar-refractivity contribution in [2.75, 3.05) is 6.54 Å². The first-order valence-electron chi connectivity index (χ1n) is 10.2. The van der Waals surface area contributed by atoms with Crippen molar-refractivity contribution >= 4 is 24.2 Å². The van der Waals surface area contributed by atoms with Crippen molar-refractivity contribution in [2.24, 2.45) is 7.05 Å². The van der Waals surface area contributed by atoms with E-state index in [0.717, 1.165) is 30.4 Å². The molecule has 0 radical (unpaired) electrons. The predicted octanol–water partition coefficient (Wildman–Crippen LogP) is 5.39. The highest BCUT2D eigenvalue weighted by Crippen LogP contribution is 2.39. The maximum Gasteiger partial charge on any atom is 0.192 e. The number of rotatable bonds is 6. The van der Waals surface area contributed by atoms with Crippen LogP contribution in [0, 0.1) is 0 Å². The summed E-state index contributed by atoms with van der Waals surface area (Å²) in [4.78, 5) is 2.60. The summed E-state index contributed by atoms with van der Waals surface area (Å²) in [5.74, 6) is 0. The summed E-state index contributed by atoms with van der Waals surface area (Å²) in [6, 6.07) is 11.2. The first kappa shape index (κ1) is 21.7. The molecule has 154 valence electrons. The van der Waals surface area contributed by atoms with Crippen molar-refractivity contribution in [2.45, 2.75) is 70.4 Å². The number of hydrogen-bond donors (Lipinski definition) is 0. The quantitative estimate of drug-likeness (QED) is 0.537. The van der Waals surface area contributed by atoms with Gasteiger partial charge in [-0.1, -0.05) is 51.1 Å². The zero-order chi connectivity index (χ0) is 20.5. The van der Waals surface area contributed by atoms with Crippen LogP contribution in [0.2, 0.25) is 18.1 Å². The molecule has 1 fully saturated rings. The van der Waals surface area contributed by atoms with E-state index < -0.39 is 8.32 Å². The van der Waals surface area contributed by atoms with Crippen LogP contribution in [0.3, 0.4) is 0 Å². The highest BCUT2D eigenvalue weighted by atomic mass is 79.9. The minimum absolute atomic E-state index is 0.237. The standard InChI is InChI=1S/C22H34BrN3OSi/c1-22(2,3)28(5,6)27-19-12-18(13-21-20(23)14-24-25(21)4)26(16-19)15-17-10-8-7-9-11-17/h7-11,14,18-19H,12-13,15-16H2,1-6H3. The highest BCUT2D eigenvalue weighted by Gasteiger charge is 2.42. The second kappa shape index (κ2) is 8.42. The fourth-order valence-electron chi connectivity index (χ4n) is 3.73. The molecule has 1 aromatic carbocycles. The Morgan fingerprint density at radius 3 is 2.46 bits per heavy atom. The van der Waals surface area contributed by atoms with Gasteiger partial charge in [0.1, 0.15) is 0 Å². The van der Waals surface area contributed by atoms with E-state index in [1.54, 1.807) is 0 Å². The number of benzene rings is 1. The van der Waals surface area contributed by atoms with Crippen molar-refractivity contribution in [3.8, 4) is 0 Å². The van der Waals surface area contributed by atoms with Gasteiger partial charge in [0.15, 0.2) is 8.32 Å². The molecule has 0 aliphatic carbocycles. The Bertz CT molecular complexity index is 765. The van der Waals surface area contributed by atoms with Crippen LogP contribution in [0.4, 0.5) is 0 Å². The Morgan fingerprint density at radius 1 is 1.21 bits per heavy atom. The molecular weight excluding hydrogens is 430 g/mol. The van der Waals surface area contributed by atoms with E-state index in [1.807, 2.05) is 17.9 Å². The predicted molar refractivity (Wildman–Crippen MR) is 122 cm³/mol. The summed E-state index contributed by atoms with van der Waals surface area (Å²) >= 11 is 3.67. The van der Waals surface area contributed by atoms with Crippen LogP contribution in [0.5, 0.6) is 0 Å². The molecule has 1 aliphatic heterocycles. The number of aryl methyl sites for hydroxylation is 1. The average Bonchev–Trinajstić information content (AvgIpc) is 3.12. The van der Waals surface area contributed by atoms with E-state index in [9.17, 15) is 0 Å². The van der Waals surface area contributed by atoms with Crippen molar-refractivity contribution in [3.63, 3.8) is 0 Å². The highest BCUT2D eigenvalue weighted by molar-refractivity contribution is 9.10. The van der Waals surface area contributed by atoms with E-state index in [0.29, 0.717) is 12.1 Å². The summed E-state index contributed by atoms with van der Waals surface area (Å²) in [5, 5.41) is 4.64. The van der Waals surface area contributed by atoms with E-state index in [1.165, 1.54) is 11.3 Å². The van der Waals surface area contributed by atoms with E-state index in [-0.39, 0.29) is 5.04 Å². The zero-order valence-corrected chi connectivity index (χ0v) is 20.7. The molecule has 0 bridgehead atoms. The summed E-state index contributed by atoms with van der Waals surface area (Å²) in [7, 11) is 0.253. The van der Waals surface area contributed by atoms with E-state index >= 15 is 0 Å². The van der Waals surface area contributed by atoms with Gasteiger partial charge in [-0.05, 0) is 46.0 Å². The Hall–Kier alpha value is -0.953. The first-order valence-corrected chi connectivity index (χ1v) is 13.9. The molecule has 2 aromatic rings. The van der Waals surface area contributed by atoms with Gasteiger partial charge in [-0.2, -0.15) is 5.10 Å². The monoisotopic (exact) mass is 463 g/mol. The molecule has 1 saturated heterocycles. The third kappa shape index (κ3) is 4.96. The van der Waals surface area contributed by atoms with Crippen molar-refractivity contribution < 1.29 is 4.43 Å². The summed E-state index contributed by atoms with van der Waals surface area (Å²) in [6.07, 6.45) is 4.27. The number of aromatic nitrogens is 2. The summed E-state index contributed by atoms with van der Waals surface area (Å²) in [5.41, 5.74) is 2.63. The molecule has 1 aromatic heterocycles. The molecule has 2 heterocycles. The lowest BCUT2D eigenvalue weighted by molar-refractivity contribution is 0.177. The molecule has 1 aliphatic rings. The summed E-state index contributed by atoms with van der Waals surface area (Å²) in [6.45, 7) is 13.7. The topological polar surface area (TPSA) is 30.3 Å². The number of nitrogens with zero attached hydrogens (tertiary/aromatic N) is 3. The Morgan fingerprint density at radius 2 is 1.89 bits per heavy atom. The fraction of sp³-hybridized carbons (Fsp3) is 0.591. The lowest BCUT2D eigenvalue weighted by atomic mass is 10.1. The van der Waals surface area contributed by atoms with Crippen molar-refractivity contribution in [1.82, 2.24) is 14.7 Å². The molecule has 4 nitrogen and oxygen atoms in total. The van der Waals surface area contributed by atoms with Gasteiger partial charge in [0, 0.05) is 32.6 Å². The van der Waals surface area contributed by atoms with Crippen molar-refractivity contribution in [1.29, 1.82) is 0 Å². The van der Waals surface area contributed by atoms with Crippen LogP contribution < -0.4 is 0 Å². The second-order valence-corrected chi connectivity index (χ2v) is 15.2. The average molecular weight is 465 g/mol. The SMILES string of the molecule is Cn1ncc(Br)c1CC1CC(O[Si](C)(C)C(C)(C)C)CN1Cc1ccccc1. The molecule has 0 saturated carbocycles. The van der Waals surface area contributed by atoms with Crippen LogP contribution in [0.1, 0.15) is 38.4 Å². The second-order valence-electron chi connectivity index (χ2n) is 9.57. The third-order valence-corrected chi connectivity index (χ3v) is 11.6. The van der Waals surface area contributed by atoms with Crippen LogP contribution in [0.25, 0.3) is 0 Å². The van der Waals surface area contributed by atoms with Gasteiger partial charge in [-0.3, -0.25) is 9.58 Å². The van der Waals surface area contributed by atoms with Gasteiger partial charge >= 0.3 is 0 Å². The molecule has 0 amide bonds. The van der Waals surface area contributed by atoms with Crippen LogP contribution in [-0.2, 0) is 24.4 Å². The molecule has 0 spiro atoms. The van der Waals surface area contributed by atoms with Gasteiger partial charge in [-0.25, -0.2) is 0 Å². The van der Waals surface area contributed by atoms with Gasteiger partial charge < -0.3 is 4.43 Å². The number of likely N-dealkylation sites (tertiary alicyclic amines) is 1. The zero-order valence-electron chi connectivity index (χ0n) is 18.1. The van der Waals surface area contributed by atoms with Crippen LogP contribution >= 0.6 is 15.9 Å². The molecule has 6 heteroatoms. The Labute approximate surface area is 179 Å². The van der Waals surface area contributed by atoms with E-state index in [2.05, 4.69) is 90.1 Å². The maximum absolute atomic E-state index is 6.80. The van der Waals surface area contributed by atoms with Gasteiger partial charge in [0.2, 0.25) is 0 Å². The van der Waals surface area contributed by atoms with Crippen LogP contribution in [-0.4, -0.2) is 41.7 Å². The molecule has 0 N–H and O–H groups in total. The molecule has 2 unspecified atom stereocenters. The number of halogens is 1. The minimum Gasteiger partial charge on any atom is -0.413 e. The van der Waals surface area contributed by atoms with Crippen LogP contribution in [0.15, 0.2) is 41.0 Å². The number of hydrogen-bond acceptors (Lipinski definition) is 3. The van der Waals surface area contributed by atoms with E-state index in [4.69, 9.17) is 4.43 Å². The largest absolute Gasteiger partial charge is 0.413 e. The smallest absolute Gasteiger partial charge is 0.192 e. The molecule has 3 rings (SSSR count). The van der Waals surface area contributed by atoms with Gasteiger partial charge in [0.05, 0.1) is 22.5 Å². The fourth-order valence-corrected chi connectivity index (χ4v) is 5.60. The maximum atomic E-state index is 6.80. The molecular formula is C22H34BrN3OSi. The summed E-state index contributed by atoms with van der Waals surface area (Å²) < 4.78 is 9.90. The molecule has 28 heavy (non-hydrogen) atoms. The lowest BCUT2D eigenvalue weighted by Gasteiger charge is -2.38.